The first kappa shape index (κ1) is 22.2. The first-order chi connectivity index (χ1) is 15.3. The Bertz CT molecular complexity index is 1480. The van der Waals surface area contributed by atoms with E-state index in [-0.39, 0.29) is 16.1 Å². The fraction of sp³-hybridized carbons (Fsp3) is 0.217. The van der Waals surface area contributed by atoms with E-state index < -0.39 is 10.0 Å². The average molecular weight is 470 g/mol. The van der Waals surface area contributed by atoms with Gasteiger partial charge in [0.2, 0.25) is 10.0 Å². The van der Waals surface area contributed by atoms with Gasteiger partial charge < -0.3 is 0 Å². The molecular formula is C23H23N3O4S2. The molecular weight excluding hydrogens is 446 g/mol. The van der Waals surface area contributed by atoms with Gasteiger partial charge in [0, 0.05) is 13.1 Å². The second kappa shape index (κ2) is 8.85. The molecule has 0 amide bonds. The fourth-order valence-electron chi connectivity index (χ4n) is 3.71. The lowest BCUT2D eigenvalue weighted by molar-refractivity contribution is 0.570. The second-order valence-corrected chi connectivity index (χ2v) is 10.1. The maximum atomic E-state index is 13.3. The molecule has 0 atom stereocenters. The number of aromatic nitrogens is 2. The van der Waals surface area contributed by atoms with Crippen molar-refractivity contribution in [1.82, 2.24) is 9.13 Å². The minimum absolute atomic E-state index is 0.0455. The molecule has 9 heteroatoms. The summed E-state index contributed by atoms with van der Waals surface area (Å²) in [6.45, 7) is 2.55. The van der Waals surface area contributed by atoms with Gasteiger partial charge in [0.1, 0.15) is 4.83 Å². The zero-order valence-corrected chi connectivity index (χ0v) is 19.2. The van der Waals surface area contributed by atoms with Crippen LogP contribution < -0.4 is 16.4 Å². The lowest BCUT2D eigenvalue weighted by atomic mass is 10.1. The van der Waals surface area contributed by atoms with Crippen LogP contribution in [0.4, 0.5) is 0 Å². The molecule has 0 radical (unpaired) electrons. The maximum absolute atomic E-state index is 13.3. The standard InChI is InChI=1S/C23H23N3O4S2/c1-16-15-31-22-20(16)21(27)25(13-11-17-5-3-2-4-6-17)23(28)26(22)14-12-18-7-9-19(10-8-18)32(24,29)30/h2-10,15H,11-14H2,1H3,(H2,24,29,30). The summed E-state index contributed by atoms with van der Waals surface area (Å²) >= 11 is 1.39. The number of thiophene rings is 1. The number of hydrogen-bond donors (Lipinski definition) is 1. The Kier molecular flexibility index (Phi) is 6.14. The summed E-state index contributed by atoms with van der Waals surface area (Å²) in [7, 11) is -3.75. The van der Waals surface area contributed by atoms with Gasteiger partial charge in [0.15, 0.2) is 0 Å². The molecule has 0 aliphatic carbocycles. The molecule has 0 fully saturated rings. The highest BCUT2D eigenvalue weighted by Crippen LogP contribution is 2.21. The molecule has 166 valence electrons. The molecule has 2 aromatic heterocycles. The number of hydrogen-bond acceptors (Lipinski definition) is 5. The number of rotatable bonds is 7. The van der Waals surface area contributed by atoms with Crippen molar-refractivity contribution in [2.24, 2.45) is 5.14 Å². The molecule has 0 saturated carbocycles. The van der Waals surface area contributed by atoms with E-state index in [4.69, 9.17) is 5.14 Å². The number of nitrogens with zero attached hydrogens (tertiary/aromatic N) is 2. The quantitative estimate of drug-likeness (QED) is 0.449. The Balaban J connectivity index is 1.67. The van der Waals surface area contributed by atoms with Crippen LogP contribution in [0.25, 0.3) is 10.2 Å². The first-order valence-corrected chi connectivity index (χ1v) is 12.6. The van der Waals surface area contributed by atoms with Crippen LogP contribution in [-0.2, 0) is 36.0 Å². The summed E-state index contributed by atoms with van der Waals surface area (Å²) in [5, 5.41) is 7.62. The van der Waals surface area contributed by atoms with Gasteiger partial charge in [-0.05, 0) is 54.0 Å². The summed E-state index contributed by atoms with van der Waals surface area (Å²) in [5.41, 5.74) is 2.19. The van der Waals surface area contributed by atoms with E-state index in [2.05, 4.69) is 0 Å². The zero-order valence-electron chi connectivity index (χ0n) is 17.5. The number of sulfonamides is 1. The molecule has 32 heavy (non-hydrogen) atoms. The zero-order chi connectivity index (χ0) is 22.9. The minimum Gasteiger partial charge on any atom is -0.284 e. The highest BCUT2D eigenvalue weighted by Gasteiger charge is 2.17. The molecule has 4 rings (SSSR count). The Morgan fingerprint density at radius 2 is 1.47 bits per heavy atom. The Morgan fingerprint density at radius 3 is 2.09 bits per heavy atom. The third-order valence-electron chi connectivity index (χ3n) is 5.46. The number of aryl methyl sites for hydroxylation is 4. The van der Waals surface area contributed by atoms with Gasteiger partial charge in [0.25, 0.3) is 5.56 Å². The highest BCUT2D eigenvalue weighted by molar-refractivity contribution is 7.89. The van der Waals surface area contributed by atoms with Crippen molar-refractivity contribution in [2.75, 3.05) is 0 Å². The summed E-state index contributed by atoms with van der Waals surface area (Å²) in [4.78, 5) is 27.1. The van der Waals surface area contributed by atoms with Crippen LogP contribution in [0.3, 0.4) is 0 Å². The van der Waals surface area contributed by atoms with E-state index in [0.29, 0.717) is 36.1 Å². The molecule has 2 heterocycles. The van der Waals surface area contributed by atoms with Gasteiger partial charge in [0.05, 0.1) is 10.3 Å². The van der Waals surface area contributed by atoms with Gasteiger partial charge >= 0.3 is 5.69 Å². The van der Waals surface area contributed by atoms with Crippen LogP contribution in [-0.4, -0.2) is 17.6 Å². The number of nitrogens with two attached hydrogens (primary N) is 1. The highest BCUT2D eigenvalue weighted by atomic mass is 32.2. The van der Waals surface area contributed by atoms with Gasteiger partial charge in [-0.25, -0.2) is 18.4 Å². The van der Waals surface area contributed by atoms with Crippen molar-refractivity contribution < 1.29 is 8.42 Å². The predicted molar refractivity (Wildman–Crippen MR) is 127 cm³/mol. The lowest BCUT2D eigenvalue weighted by Gasteiger charge is -2.13. The fourth-order valence-corrected chi connectivity index (χ4v) is 5.29. The first-order valence-electron chi connectivity index (χ1n) is 10.1. The summed E-state index contributed by atoms with van der Waals surface area (Å²) in [5.74, 6) is 0. The van der Waals surface area contributed by atoms with Crippen molar-refractivity contribution >= 4 is 31.6 Å². The van der Waals surface area contributed by atoms with Crippen LogP contribution in [0.1, 0.15) is 16.7 Å². The Hall–Kier alpha value is -3.01. The van der Waals surface area contributed by atoms with E-state index in [1.807, 2.05) is 42.6 Å². The summed E-state index contributed by atoms with van der Waals surface area (Å²) in [6.07, 6.45) is 1.09. The van der Waals surface area contributed by atoms with E-state index in [9.17, 15) is 18.0 Å². The van der Waals surface area contributed by atoms with E-state index in [1.54, 1.807) is 16.7 Å². The second-order valence-electron chi connectivity index (χ2n) is 7.66. The molecule has 2 N–H and O–H groups in total. The third-order valence-corrected chi connectivity index (χ3v) is 7.51. The largest absolute Gasteiger partial charge is 0.332 e. The molecule has 4 aromatic rings. The third kappa shape index (κ3) is 4.45. The average Bonchev–Trinajstić information content (AvgIpc) is 3.15. The van der Waals surface area contributed by atoms with Crippen LogP contribution in [0.15, 0.2) is 74.5 Å². The number of primary sulfonamides is 1. The summed E-state index contributed by atoms with van der Waals surface area (Å²) < 4.78 is 25.9. The number of fused-ring (bicyclic) bond motifs is 1. The molecule has 0 spiro atoms. The van der Waals surface area contributed by atoms with Crippen molar-refractivity contribution in [2.45, 2.75) is 37.8 Å². The van der Waals surface area contributed by atoms with Gasteiger partial charge in [-0.2, -0.15) is 0 Å². The van der Waals surface area contributed by atoms with Crippen molar-refractivity contribution in [3.8, 4) is 0 Å². The van der Waals surface area contributed by atoms with Gasteiger partial charge in [-0.1, -0.05) is 42.5 Å². The van der Waals surface area contributed by atoms with Crippen molar-refractivity contribution in [3.05, 3.63) is 97.5 Å². The smallest absolute Gasteiger partial charge is 0.284 e. The van der Waals surface area contributed by atoms with Crippen molar-refractivity contribution in [1.29, 1.82) is 0 Å². The molecule has 7 nitrogen and oxygen atoms in total. The van der Waals surface area contributed by atoms with E-state index in [0.717, 1.165) is 16.7 Å². The SMILES string of the molecule is Cc1csc2c1c(=O)n(CCc1ccccc1)c(=O)n2CCc1ccc(S(N)(=O)=O)cc1. The predicted octanol–water partition coefficient (Wildman–Crippen LogP) is 2.67. The monoisotopic (exact) mass is 469 g/mol. The van der Waals surface area contributed by atoms with Crippen LogP contribution >= 0.6 is 11.3 Å². The van der Waals surface area contributed by atoms with Crippen molar-refractivity contribution in [3.63, 3.8) is 0 Å². The Labute approximate surface area is 189 Å². The topological polar surface area (TPSA) is 104 Å². The normalized spacial score (nSPS) is 11.8. The van der Waals surface area contributed by atoms with Gasteiger partial charge in [-0.15, -0.1) is 11.3 Å². The van der Waals surface area contributed by atoms with E-state index in [1.165, 1.54) is 28.0 Å². The molecule has 0 aliphatic heterocycles. The van der Waals surface area contributed by atoms with Crippen LogP contribution in [0.2, 0.25) is 0 Å². The molecule has 0 aliphatic rings. The van der Waals surface area contributed by atoms with Gasteiger partial charge in [-0.3, -0.25) is 13.9 Å². The maximum Gasteiger partial charge on any atom is 0.332 e. The van der Waals surface area contributed by atoms with Crippen LogP contribution in [0.5, 0.6) is 0 Å². The molecule has 0 bridgehead atoms. The van der Waals surface area contributed by atoms with Crippen LogP contribution in [0, 0.1) is 6.92 Å². The Morgan fingerprint density at radius 1 is 0.875 bits per heavy atom. The minimum atomic E-state index is -3.75. The molecule has 2 aromatic carbocycles. The number of benzene rings is 2. The van der Waals surface area contributed by atoms with E-state index >= 15 is 0 Å². The molecule has 0 saturated heterocycles. The molecule has 0 unspecified atom stereocenters. The summed E-state index contributed by atoms with van der Waals surface area (Å²) in [6, 6.07) is 16.0. The lowest BCUT2D eigenvalue weighted by Crippen LogP contribution is -2.40.